The van der Waals surface area contributed by atoms with Gasteiger partial charge in [0.05, 0.1) is 0 Å². The number of rotatable bonds is 2. The van der Waals surface area contributed by atoms with Gasteiger partial charge in [0.25, 0.3) is 0 Å². The van der Waals surface area contributed by atoms with Gasteiger partial charge in [-0.1, -0.05) is 31.9 Å². The van der Waals surface area contributed by atoms with Crippen LogP contribution in [0.5, 0.6) is 0 Å². The highest BCUT2D eigenvalue weighted by Gasteiger charge is 2.02. The second kappa shape index (κ2) is 4.09. The van der Waals surface area contributed by atoms with E-state index in [4.69, 9.17) is 0 Å². The number of hydrogen-bond acceptors (Lipinski definition) is 1. The highest BCUT2D eigenvalue weighted by atomic mass is 79.9. The molecule has 0 bridgehead atoms. The Morgan fingerprint density at radius 3 is 2.50 bits per heavy atom. The largest absolute Gasteiger partial charge is 0.265 e. The number of alkyl halides is 2. The van der Waals surface area contributed by atoms with E-state index in [1.54, 1.807) is 12.4 Å². The molecule has 3 heteroatoms. The van der Waals surface area contributed by atoms with Gasteiger partial charge in [0.15, 0.2) is 0 Å². The van der Waals surface area contributed by atoms with Crippen LogP contribution in [-0.2, 0) is 0 Å². The van der Waals surface area contributed by atoms with Crippen molar-refractivity contribution in [3.05, 3.63) is 30.1 Å². The third kappa shape index (κ3) is 2.06. The van der Waals surface area contributed by atoms with Crippen molar-refractivity contribution in [1.82, 2.24) is 4.98 Å². The summed E-state index contributed by atoms with van der Waals surface area (Å²) < 4.78 is 0. The highest BCUT2D eigenvalue weighted by molar-refractivity contribution is 9.12. The first-order valence-corrected chi connectivity index (χ1v) is 4.98. The predicted molar refractivity (Wildman–Crippen MR) is 49.7 cm³/mol. The monoisotopic (exact) mass is 263 g/mol. The molecule has 0 saturated carbocycles. The maximum absolute atomic E-state index is 3.93. The molecule has 0 aliphatic carbocycles. The van der Waals surface area contributed by atoms with E-state index in [0.717, 1.165) is 5.33 Å². The zero-order chi connectivity index (χ0) is 7.40. The van der Waals surface area contributed by atoms with Crippen LogP contribution in [0.2, 0.25) is 0 Å². The Kier molecular flexibility index (Phi) is 3.35. The summed E-state index contributed by atoms with van der Waals surface area (Å²) in [6.45, 7) is 0. The highest BCUT2D eigenvalue weighted by Crippen LogP contribution is 2.23. The number of hydrogen-bond donors (Lipinski definition) is 0. The molecule has 1 heterocycles. The lowest BCUT2D eigenvalue weighted by Gasteiger charge is -2.03. The molecule has 0 N–H and O–H groups in total. The minimum Gasteiger partial charge on any atom is -0.265 e. The van der Waals surface area contributed by atoms with Crippen molar-refractivity contribution in [2.24, 2.45) is 0 Å². The molecular formula is C7H7Br2N. The lowest BCUT2D eigenvalue weighted by atomic mass is 10.2. The summed E-state index contributed by atoms with van der Waals surface area (Å²) in [5, 5.41) is 0.928. The molecule has 0 aliphatic heterocycles. The fourth-order valence-corrected chi connectivity index (χ4v) is 1.34. The Morgan fingerprint density at radius 1 is 1.40 bits per heavy atom. The quantitative estimate of drug-likeness (QED) is 0.749. The molecule has 0 fully saturated rings. The average molecular weight is 265 g/mol. The molecule has 0 radical (unpaired) electrons. The smallest absolute Gasteiger partial charge is 0.0493 e. The van der Waals surface area contributed by atoms with Gasteiger partial charge in [-0.15, -0.1) is 0 Å². The van der Waals surface area contributed by atoms with Gasteiger partial charge >= 0.3 is 0 Å². The van der Waals surface area contributed by atoms with E-state index < -0.39 is 0 Å². The molecule has 0 aromatic carbocycles. The van der Waals surface area contributed by atoms with Crippen LogP contribution in [0.1, 0.15) is 10.4 Å². The summed E-state index contributed by atoms with van der Waals surface area (Å²) in [6.07, 6.45) is 3.60. The molecule has 0 aliphatic rings. The van der Waals surface area contributed by atoms with E-state index in [1.165, 1.54) is 5.56 Å². The summed E-state index contributed by atoms with van der Waals surface area (Å²) >= 11 is 6.89. The van der Waals surface area contributed by atoms with Gasteiger partial charge in [0, 0.05) is 22.6 Å². The Labute approximate surface area is 77.1 Å². The van der Waals surface area contributed by atoms with Crippen molar-refractivity contribution in [1.29, 1.82) is 0 Å². The van der Waals surface area contributed by atoms with Crippen molar-refractivity contribution in [3.63, 3.8) is 0 Å². The molecule has 1 aromatic heterocycles. The van der Waals surface area contributed by atoms with Crippen LogP contribution in [0.3, 0.4) is 0 Å². The summed E-state index contributed by atoms with van der Waals surface area (Å²) in [7, 11) is 0. The second-order valence-corrected chi connectivity index (χ2v) is 3.66. The van der Waals surface area contributed by atoms with E-state index >= 15 is 0 Å². The first-order valence-electron chi connectivity index (χ1n) is 2.94. The van der Waals surface area contributed by atoms with Crippen LogP contribution >= 0.6 is 31.9 Å². The molecule has 1 rings (SSSR count). The number of halogens is 2. The molecule has 1 unspecified atom stereocenters. The van der Waals surface area contributed by atoms with Gasteiger partial charge in [-0.05, 0) is 17.7 Å². The molecule has 0 amide bonds. The standard InChI is InChI=1S/C7H7Br2N/c8-5-7(9)6-1-3-10-4-2-6/h1-4,7H,5H2. The maximum Gasteiger partial charge on any atom is 0.0493 e. The van der Waals surface area contributed by atoms with E-state index in [0.29, 0.717) is 4.83 Å². The molecule has 1 atom stereocenters. The van der Waals surface area contributed by atoms with Crippen LogP contribution in [0.25, 0.3) is 0 Å². The minimum absolute atomic E-state index is 0.399. The van der Waals surface area contributed by atoms with E-state index in [9.17, 15) is 0 Å². The number of nitrogens with zero attached hydrogens (tertiary/aromatic N) is 1. The lowest BCUT2D eigenvalue weighted by Crippen LogP contribution is -1.89. The molecule has 0 saturated heterocycles. The van der Waals surface area contributed by atoms with Crippen molar-refractivity contribution in [2.75, 3.05) is 5.33 Å². The van der Waals surface area contributed by atoms with E-state index in [2.05, 4.69) is 36.8 Å². The SMILES string of the molecule is BrCC(Br)c1ccncc1. The third-order valence-corrected chi connectivity index (χ3v) is 3.57. The van der Waals surface area contributed by atoms with Gasteiger partial charge in [-0.2, -0.15) is 0 Å². The Balaban J connectivity index is 2.75. The molecule has 54 valence electrons. The summed E-state index contributed by atoms with van der Waals surface area (Å²) in [5.41, 5.74) is 1.26. The van der Waals surface area contributed by atoms with Gasteiger partial charge in [-0.3, -0.25) is 4.98 Å². The van der Waals surface area contributed by atoms with Crippen molar-refractivity contribution in [3.8, 4) is 0 Å². The number of pyridine rings is 1. The number of aromatic nitrogens is 1. The predicted octanol–water partition coefficient (Wildman–Crippen LogP) is 2.91. The summed E-state index contributed by atoms with van der Waals surface area (Å²) in [6, 6.07) is 4.00. The normalized spacial score (nSPS) is 13.0. The zero-order valence-electron chi connectivity index (χ0n) is 5.30. The van der Waals surface area contributed by atoms with Crippen molar-refractivity contribution in [2.45, 2.75) is 4.83 Å². The minimum atomic E-state index is 0.399. The van der Waals surface area contributed by atoms with Crippen LogP contribution in [0.4, 0.5) is 0 Å². The first kappa shape index (κ1) is 8.21. The first-order chi connectivity index (χ1) is 4.84. The Morgan fingerprint density at radius 2 is 2.00 bits per heavy atom. The topological polar surface area (TPSA) is 12.9 Å². The second-order valence-electron chi connectivity index (χ2n) is 1.90. The molecular weight excluding hydrogens is 258 g/mol. The molecule has 1 aromatic rings. The van der Waals surface area contributed by atoms with Gasteiger partial charge < -0.3 is 0 Å². The maximum atomic E-state index is 3.93. The summed E-state index contributed by atoms with van der Waals surface area (Å²) in [4.78, 5) is 4.32. The third-order valence-electron chi connectivity index (χ3n) is 1.20. The van der Waals surface area contributed by atoms with Crippen LogP contribution < -0.4 is 0 Å². The van der Waals surface area contributed by atoms with Crippen molar-refractivity contribution >= 4 is 31.9 Å². The Bertz CT molecular complexity index is 188. The Hall–Kier alpha value is 0.110. The van der Waals surface area contributed by atoms with Gasteiger partial charge in [0.1, 0.15) is 0 Å². The fourth-order valence-electron chi connectivity index (χ4n) is 0.661. The zero-order valence-corrected chi connectivity index (χ0v) is 8.47. The average Bonchev–Trinajstić information content (AvgIpc) is 2.05. The van der Waals surface area contributed by atoms with Gasteiger partial charge in [0.2, 0.25) is 0 Å². The lowest BCUT2D eigenvalue weighted by molar-refractivity contribution is 1.13. The van der Waals surface area contributed by atoms with Gasteiger partial charge in [-0.25, -0.2) is 0 Å². The summed E-state index contributed by atoms with van der Waals surface area (Å²) in [5.74, 6) is 0. The van der Waals surface area contributed by atoms with E-state index in [1.807, 2.05) is 12.1 Å². The van der Waals surface area contributed by atoms with Crippen LogP contribution in [-0.4, -0.2) is 10.3 Å². The molecule has 0 spiro atoms. The van der Waals surface area contributed by atoms with E-state index in [-0.39, 0.29) is 0 Å². The molecule has 10 heavy (non-hydrogen) atoms. The van der Waals surface area contributed by atoms with Crippen molar-refractivity contribution < 1.29 is 0 Å². The fraction of sp³-hybridized carbons (Fsp3) is 0.286. The van der Waals surface area contributed by atoms with Crippen LogP contribution in [0, 0.1) is 0 Å². The molecule has 1 nitrogen and oxygen atoms in total. The van der Waals surface area contributed by atoms with Crippen LogP contribution in [0.15, 0.2) is 24.5 Å².